The van der Waals surface area contributed by atoms with Gasteiger partial charge in [0.15, 0.2) is 0 Å². The highest BCUT2D eigenvalue weighted by Gasteiger charge is 2.21. The molecule has 4 N–H and O–H groups in total. The maximum absolute atomic E-state index is 12.2. The molecule has 2 aromatic carbocycles. The SMILES string of the molecule is NC1CCC(c2ccc(OC(=O)CC(=O)Oc3ccc(C4CCC(N)CC4)cc3)cc2)CC1. The van der Waals surface area contributed by atoms with Crippen LogP contribution in [0.5, 0.6) is 11.5 Å². The van der Waals surface area contributed by atoms with Crippen molar-refractivity contribution in [2.24, 2.45) is 11.5 Å². The highest BCUT2D eigenvalue weighted by atomic mass is 16.6. The molecule has 0 saturated heterocycles. The fourth-order valence-corrected chi connectivity index (χ4v) is 4.97. The quantitative estimate of drug-likeness (QED) is 0.380. The first-order chi connectivity index (χ1) is 16.0. The van der Waals surface area contributed by atoms with Crippen molar-refractivity contribution in [1.82, 2.24) is 0 Å². The number of carbonyl (C=O) groups excluding carboxylic acids is 2. The zero-order valence-corrected chi connectivity index (χ0v) is 19.1. The van der Waals surface area contributed by atoms with Crippen LogP contribution in [0.4, 0.5) is 0 Å². The van der Waals surface area contributed by atoms with Gasteiger partial charge < -0.3 is 20.9 Å². The summed E-state index contributed by atoms with van der Waals surface area (Å²) >= 11 is 0. The number of ether oxygens (including phenoxy) is 2. The fraction of sp³-hybridized carbons (Fsp3) is 0.481. The van der Waals surface area contributed by atoms with Crippen LogP contribution in [-0.4, -0.2) is 24.0 Å². The van der Waals surface area contributed by atoms with Crippen LogP contribution < -0.4 is 20.9 Å². The highest BCUT2D eigenvalue weighted by molar-refractivity contribution is 5.93. The minimum atomic E-state index is -0.633. The summed E-state index contributed by atoms with van der Waals surface area (Å²) in [4.78, 5) is 24.4. The molecule has 0 atom stereocenters. The molecule has 2 fully saturated rings. The van der Waals surface area contributed by atoms with Crippen molar-refractivity contribution in [3.8, 4) is 11.5 Å². The van der Waals surface area contributed by atoms with Gasteiger partial charge in [0.1, 0.15) is 17.9 Å². The molecule has 6 nitrogen and oxygen atoms in total. The normalized spacial score (nSPS) is 25.3. The van der Waals surface area contributed by atoms with E-state index in [0.29, 0.717) is 35.4 Å². The highest BCUT2D eigenvalue weighted by Crippen LogP contribution is 2.34. The van der Waals surface area contributed by atoms with E-state index in [1.165, 1.54) is 11.1 Å². The first kappa shape index (κ1) is 23.5. The van der Waals surface area contributed by atoms with Gasteiger partial charge in [-0.15, -0.1) is 0 Å². The van der Waals surface area contributed by atoms with Crippen LogP contribution in [0.1, 0.15) is 80.8 Å². The Bertz CT molecular complexity index is 848. The number of carbonyl (C=O) groups is 2. The lowest BCUT2D eigenvalue weighted by Crippen LogP contribution is -2.25. The van der Waals surface area contributed by atoms with Crippen LogP contribution in [0.2, 0.25) is 0 Å². The van der Waals surface area contributed by atoms with Crippen molar-refractivity contribution in [1.29, 1.82) is 0 Å². The van der Waals surface area contributed by atoms with Crippen molar-refractivity contribution in [2.75, 3.05) is 0 Å². The van der Waals surface area contributed by atoms with Gasteiger partial charge in [-0.3, -0.25) is 9.59 Å². The molecule has 6 heteroatoms. The van der Waals surface area contributed by atoms with Gasteiger partial charge in [0.2, 0.25) is 0 Å². The first-order valence-corrected chi connectivity index (χ1v) is 12.1. The van der Waals surface area contributed by atoms with Crippen LogP contribution in [0, 0.1) is 0 Å². The van der Waals surface area contributed by atoms with Crippen LogP contribution in [0.15, 0.2) is 48.5 Å². The van der Waals surface area contributed by atoms with Crippen LogP contribution in [0.3, 0.4) is 0 Å². The summed E-state index contributed by atoms with van der Waals surface area (Å²) in [6.07, 6.45) is 8.07. The molecule has 0 unspecified atom stereocenters. The Labute approximate surface area is 195 Å². The van der Waals surface area contributed by atoms with E-state index >= 15 is 0 Å². The van der Waals surface area contributed by atoms with Crippen molar-refractivity contribution in [3.63, 3.8) is 0 Å². The maximum atomic E-state index is 12.2. The largest absolute Gasteiger partial charge is 0.426 e. The Morgan fingerprint density at radius 1 is 0.606 bits per heavy atom. The number of hydrogen-bond acceptors (Lipinski definition) is 6. The summed E-state index contributed by atoms with van der Waals surface area (Å²) in [5, 5.41) is 0. The minimum absolute atomic E-state index is 0.315. The van der Waals surface area contributed by atoms with Gasteiger partial charge in [-0.1, -0.05) is 24.3 Å². The van der Waals surface area contributed by atoms with Crippen molar-refractivity contribution in [3.05, 3.63) is 59.7 Å². The molecule has 2 aromatic rings. The van der Waals surface area contributed by atoms with Gasteiger partial charge in [-0.2, -0.15) is 0 Å². The summed E-state index contributed by atoms with van der Waals surface area (Å²) in [6, 6.07) is 15.7. The zero-order chi connectivity index (χ0) is 23.2. The smallest absolute Gasteiger partial charge is 0.322 e. The van der Waals surface area contributed by atoms with E-state index < -0.39 is 18.4 Å². The third-order valence-corrected chi connectivity index (χ3v) is 7.00. The zero-order valence-electron chi connectivity index (χ0n) is 19.1. The van der Waals surface area contributed by atoms with E-state index in [9.17, 15) is 9.59 Å². The number of rotatable bonds is 6. The molecule has 4 rings (SSSR count). The van der Waals surface area contributed by atoms with Gasteiger partial charge in [0.05, 0.1) is 0 Å². The van der Waals surface area contributed by atoms with Crippen molar-refractivity contribution < 1.29 is 19.1 Å². The topological polar surface area (TPSA) is 105 Å². The minimum Gasteiger partial charge on any atom is -0.426 e. The lowest BCUT2D eigenvalue weighted by Gasteiger charge is -2.26. The molecular formula is C27H34N2O4. The maximum Gasteiger partial charge on any atom is 0.322 e. The lowest BCUT2D eigenvalue weighted by atomic mass is 9.82. The molecule has 0 amide bonds. The van der Waals surface area contributed by atoms with Gasteiger partial charge in [0, 0.05) is 12.1 Å². The van der Waals surface area contributed by atoms with E-state index in [4.69, 9.17) is 20.9 Å². The van der Waals surface area contributed by atoms with Crippen molar-refractivity contribution in [2.45, 2.75) is 81.7 Å². The van der Waals surface area contributed by atoms with E-state index in [1.807, 2.05) is 24.3 Å². The predicted octanol–water partition coefficient (Wildman–Crippen LogP) is 4.56. The van der Waals surface area contributed by atoms with Crippen LogP contribution in [-0.2, 0) is 9.59 Å². The molecule has 0 bridgehead atoms. The van der Waals surface area contributed by atoms with E-state index in [1.54, 1.807) is 24.3 Å². The standard InChI is InChI=1S/C27H34N2O4/c28-22-9-1-18(2-10-22)20-5-13-24(14-6-20)32-26(30)17-27(31)33-25-15-7-21(8-16-25)19-3-11-23(29)12-4-19/h5-8,13-16,18-19,22-23H,1-4,9-12,17,28-29H2. The van der Waals surface area contributed by atoms with Gasteiger partial charge >= 0.3 is 11.9 Å². The Balaban J connectivity index is 1.23. The van der Waals surface area contributed by atoms with E-state index in [-0.39, 0.29) is 0 Å². The summed E-state index contributed by atoms with van der Waals surface area (Å²) < 4.78 is 10.6. The fourth-order valence-electron chi connectivity index (χ4n) is 4.97. The molecule has 0 aromatic heterocycles. The summed E-state index contributed by atoms with van der Waals surface area (Å²) in [5.74, 6) is 0.609. The van der Waals surface area contributed by atoms with Gasteiger partial charge in [-0.25, -0.2) is 0 Å². The predicted molar refractivity (Wildman–Crippen MR) is 127 cm³/mol. The summed E-state index contributed by atoms with van der Waals surface area (Å²) in [7, 11) is 0. The third kappa shape index (κ3) is 6.65. The lowest BCUT2D eigenvalue weighted by molar-refractivity contribution is -0.144. The molecule has 0 radical (unpaired) electrons. The summed E-state index contributed by atoms with van der Waals surface area (Å²) in [6.45, 7) is 0. The second kappa shape index (κ2) is 10.9. The van der Waals surface area contributed by atoms with E-state index in [0.717, 1.165) is 51.4 Å². The summed E-state index contributed by atoms with van der Waals surface area (Å²) in [5.41, 5.74) is 14.4. The monoisotopic (exact) mass is 450 g/mol. The molecular weight excluding hydrogens is 416 g/mol. The Hall–Kier alpha value is -2.70. The number of esters is 2. The first-order valence-electron chi connectivity index (χ1n) is 12.1. The third-order valence-electron chi connectivity index (χ3n) is 7.00. The van der Waals surface area contributed by atoms with Crippen molar-refractivity contribution >= 4 is 11.9 Å². The molecule has 2 aliphatic rings. The Kier molecular flexibility index (Phi) is 7.78. The Morgan fingerprint density at radius 2 is 0.939 bits per heavy atom. The number of nitrogens with two attached hydrogens (primary N) is 2. The molecule has 0 heterocycles. The second-order valence-electron chi connectivity index (χ2n) is 9.49. The van der Waals surface area contributed by atoms with Crippen LogP contribution in [0.25, 0.3) is 0 Å². The number of hydrogen-bond donors (Lipinski definition) is 2. The average Bonchev–Trinajstić information content (AvgIpc) is 2.81. The van der Waals surface area contributed by atoms with Gasteiger partial charge in [-0.05, 0) is 98.6 Å². The van der Waals surface area contributed by atoms with Gasteiger partial charge in [0.25, 0.3) is 0 Å². The average molecular weight is 451 g/mol. The molecule has 0 spiro atoms. The van der Waals surface area contributed by atoms with Crippen LogP contribution >= 0.6 is 0 Å². The molecule has 176 valence electrons. The molecule has 0 aliphatic heterocycles. The second-order valence-corrected chi connectivity index (χ2v) is 9.49. The molecule has 2 saturated carbocycles. The van der Waals surface area contributed by atoms with E-state index in [2.05, 4.69) is 0 Å². The molecule has 33 heavy (non-hydrogen) atoms. The molecule has 2 aliphatic carbocycles. The Morgan fingerprint density at radius 3 is 1.27 bits per heavy atom. The number of benzene rings is 2.